The maximum Gasteiger partial charge on any atom is 4.00 e. The fraction of sp³-hybridized carbons (Fsp3) is 0.440. The molecule has 0 saturated heterocycles. The molecule has 0 heterocycles. The largest absolute Gasteiger partial charge is 4.00 e. The van der Waals surface area contributed by atoms with E-state index in [1.165, 1.54) is 45.0 Å². The van der Waals surface area contributed by atoms with Gasteiger partial charge >= 0.3 is 21.7 Å². The van der Waals surface area contributed by atoms with Gasteiger partial charge in [-0.15, -0.1) is 13.8 Å². The van der Waals surface area contributed by atoms with Crippen molar-refractivity contribution in [2.45, 2.75) is 71.5 Å². The first kappa shape index (κ1) is 28.7. The van der Waals surface area contributed by atoms with Crippen molar-refractivity contribution in [3.05, 3.63) is 81.5 Å². The molecule has 3 rings (SSSR count). The number of halogens is 2. The summed E-state index contributed by atoms with van der Waals surface area (Å²) in [6, 6.07) is 12.2. The molecule has 2 aliphatic rings. The summed E-state index contributed by atoms with van der Waals surface area (Å²) in [6.07, 6.45) is 7.87. The van der Waals surface area contributed by atoms with Gasteiger partial charge in [0.25, 0.3) is 0 Å². The van der Waals surface area contributed by atoms with Gasteiger partial charge in [0.1, 0.15) is 0 Å². The number of benzene rings is 1. The van der Waals surface area contributed by atoms with Gasteiger partial charge in [0, 0.05) is 8.80 Å². The maximum atomic E-state index is 3.93. The Morgan fingerprint density at radius 1 is 0.724 bits per heavy atom. The van der Waals surface area contributed by atoms with E-state index in [1.54, 1.807) is 0 Å². The first-order valence-corrected chi connectivity index (χ1v) is 11.7. The number of hydrogen-bond donors (Lipinski definition) is 0. The van der Waals surface area contributed by atoms with Crippen molar-refractivity contribution < 1.29 is 46.5 Å². The summed E-state index contributed by atoms with van der Waals surface area (Å²) < 4.78 is 0. The monoisotopic (exact) mass is 478 g/mol. The Balaban J connectivity index is 0.00000261. The van der Waals surface area contributed by atoms with E-state index in [9.17, 15) is 0 Å². The van der Waals surface area contributed by atoms with Crippen LogP contribution in [0.25, 0.3) is 0 Å². The van der Waals surface area contributed by atoms with Gasteiger partial charge in [0.15, 0.2) is 0 Å². The van der Waals surface area contributed by atoms with Crippen LogP contribution in [0.5, 0.6) is 0 Å². The van der Waals surface area contributed by atoms with Crippen LogP contribution in [0.15, 0.2) is 63.8 Å². The third-order valence-corrected chi connectivity index (χ3v) is 12.2. The van der Waals surface area contributed by atoms with Crippen molar-refractivity contribution in [2.75, 3.05) is 0 Å². The van der Waals surface area contributed by atoms with Crippen LogP contribution >= 0.6 is 0 Å². The first-order valence-electron chi connectivity index (χ1n) is 9.75. The molecule has 0 saturated carbocycles. The Hall–Kier alpha value is -0.309. The minimum Gasteiger partial charge on any atom is -1.00 e. The fourth-order valence-electron chi connectivity index (χ4n) is 5.03. The molecule has 2 atom stereocenters. The van der Waals surface area contributed by atoms with Crippen molar-refractivity contribution in [1.29, 1.82) is 0 Å². The smallest absolute Gasteiger partial charge is 1.00 e. The number of rotatable bonds is 4. The minimum absolute atomic E-state index is 0. The Bertz CT molecular complexity index is 814. The summed E-state index contributed by atoms with van der Waals surface area (Å²) in [5.74, 6) is 0. The van der Waals surface area contributed by atoms with Crippen LogP contribution < -0.4 is 24.8 Å². The van der Waals surface area contributed by atoms with Gasteiger partial charge in [-0.05, 0) is 6.04 Å². The zero-order valence-electron chi connectivity index (χ0n) is 18.9. The predicted molar refractivity (Wildman–Crippen MR) is 116 cm³/mol. The average Bonchev–Trinajstić information content (AvgIpc) is 2.94. The molecule has 1 aromatic rings. The van der Waals surface area contributed by atoms with E-state index in [0.29, 0.717) is 0 Å². The van der Waals surface area contributed by atoms with Gasteiger partial charge in [-0.2, -0.15) is 22.3 Å². The molecular formula is C25H32Cl2SiTi. The van der Waals surface area contributed by atoms with Gasteiger partial charge < -0.3 is 24.8 Å². The van der Waals surface area contributed by atoms with Gasteiger partial charge in [0.2, 0.25) is 0 Å². The summed E-state index contributed by atoms with van der Waals surface area (Å²) in [5.41, 5.74) is 10.1. The molecule has 4 heteroatoms. The van der Waals surface area contributed by atoms with E-state index in [1.807, 2.05) is 0 Å². The second-order valence-corrected chi connectivity index (χ2v) is 12.5. The number of allylic oxidation sites excluding steroid dienone is 8. The molecule has 0 bridgehead atoms. The molecule has 2 aliphatic carbocycles. The van der Waals surface area contributed by atoms with Crippen molar-refractivity contribution >= 4 is 8.80 Å². The Kier molecular flexibility index (Phi) is 10.2. The van der Waals surface area contributed by atoms with Crippen molar-refractivity contribution in [1.82, 2.24) is 0 Å². The fourth-order valence-corrected chi connectivity index (χ4v) is 10.0. The second-order valence-electron chi connectivity index (χ2n) is 8.65. The summed E-state index contributed by atoms with van der Waals surface area (Å²) >= 11 is 0. The SMILES string of the molecule is CC1=[C-]C(C)([SiH](Cc2ccccc2)C2(C)[C-]=C(C)C(C)=C2C)C(C)=C1C.[Cl-].[Cl-].[Ti+4]. The third-order valence-electron chi connectivity index (χ3n) is 7.38. The molecule has 0 aliphatic heterocycles. The van der Waals surface area contributed by atoms with E-state index in [4.69, 9.17) is 0 Å². The Labute approximate surface area is 207 Å². The molecule has 0 fully saturated rings. The molecule has 0 aromatic heterocycles. The van der Waals surface area contributed by atoms with Crippen LogP contribution in [0.1, 0.15) is 61.0 Å². The molecule has 0 radical (unpaired) electrons. The predicted octanol–water partition coefficient (Wildman–Crippen LogP) is 0.720. The quantitative estimate of drug-likeness (QED) is 0.441. The Morgan fingerprint density at radius 2 is 1.10 bits per heavy atom. The first-order chi connectivity index (χ1) is 12.1. The average molecular weight is 479 g/mol. The number of hydrogen-bond acceptors (Lipinski definition) is 0. The van der Waals surface area contributed by atoms with Crippen molar-refractivity contribution in [3.63, 3.8) is 0 Å². The van der Waals surface area contributed by atoms with E-state index < -0.39 is 8.80 Å². The van der Waals surface area contributed by atoms with E-state index in [2.05, 4.69) is 97.9 Å². The molecule has 154 valence electrons. The molecule has 0 spiro atoms. The topological polar surface area (TPSA) is 0 Å². The third kappa shape index (κ3) is 4.80. The van der Waals surface area contributed by atoms with Crippen LogP contribution in [0.4, 0.5) is 0 Å². The zero-order valence-corrected chi connectivity index (χ0v) is 23.2. The molecule has 0 N–H and O–H groups in total. The van der Waals surface area contributed by atoms with Gasteiger partial charge in [0.05, 0.1) is 0 Å². The molecular weight excluding hydrogens is 447 g/mol. The molecule has 2 unspecified atom stereocenters. The van der Waals surface area contributed by atoms with Crippen molar-refractivity contribution in [3.8, 4) is 0 Å². The molecule has 29 heavy (non-hydrogen) atoms. The van der Waals surface area contributed by atoms with Crippen LogP contribution in [0, 0.1) is 12.2 Å². The van der Waals surface area contributed by atoms with Gasteiger partial charge in [-0.25, -0.2) is 11.1 Å². The maximum absolute atomic E-state index is 3.93. The van der Waals surface area contributed by atoms with Gasteiger partial charge in [-0.1, -0.05) is 87.5 Å². The summed E-state index contributed by atoms with van der Waals surface area (Å²) in [5, 5.41) is 0.135. The van der Waals surface area contributed by atoms with E-state index in [-0.39, 0.29) is 56.6 Å². The summed E-state index contributed by atoms with van der Waals surface area (Å²) in [4.78, 5) is 0. The molecule has 0 nitrogen and oxygen atoms in total. The Morgan fingerprint density at radius 3 is 1.41 bits per heavy atom. The van der Waals surface area contributed by atoms with Crippen LogP contribution in [0.3, 0.4) is 0 Å². The van der Waals surface area contributed by atoms with Crippen LogP contribution in [-0.4, -0.2) is 8.80 Å². The summed E-state index contributed by atoms with van der Waals surface area (Å²) in [6.45, 7) is 18.6. The summed E-state index contributed by atoms with van der Waals surface area (Å²) in [7, 11) is -1.44. The van der Waals surface area contributed by atoms with Crippen LogP contribution in [-0.2, 0) is 27.8 Å². The molecule has 1 aromatic carbocycles. The van der Waals surface area contributed by atoms with E-state index in [0.717, 1.165) is 0 Å². The molecule has 0 amide bonds. The van der Waals surface area contributed by atoms with Crippen LogP contribution in [0.2, 0.25) is 10.1 Å². The van der Waals surface area contributed by atoms with E-state index >= 15 is 0 Å². The van der Waals surface area contributed by atoms with Crippen molar-refractivity contribution in [2.24, 2.45) is 0 Å². The minimum atomic E-state index is -1.44. The van der Waals surface area contributed by atoms with Gasteiger partial charge in [-0.3, -0.25) is 12.2 Å². The zero-order chi connectivity index (χ0) is 19.3. The normalized spacial score (nSPS) is 26.9. The standard InChI is InChI=1S/C25H32Si.2ClH.Ti/c1-17-14-24(7,21(5)19(17)3)26(16-23-12-10-9-11-13-23)25(8)15-18(2)20(4)22(25)6;;;/h9-13,26H,16H2,1-8H3;2*1H;/q-2;;;+4/p-2. The second kappa shape index (κ2) is 10.3.